The first-order chi connectivity index (χ1) is 17.2. The van der Waals surface area contributed by atoms with Gasteiger partial charge in [0.05, 0.1) is 18.1 Å². The molecular formula is C26H19ClF3NO5. The monoisotopic (exact) mass is 517 g/mol. The van der Waals surface area contributed by atoms with Gasteiger partial charge in [-0.3, -0.25) is 9.69 Å². The number of halogens is 4. The molecule has 10 heteroatoms. The van der Waals surface area contributed by atoms with Crippen molar-refractivity contribution >= 4 is 22.6 Å². The summed E-state index contributed by atoms with van der Waals surface area (Å²) in [5.74, 6) is -1.75. The van der Waals surface area contributed by atoms with E-state index in [1.165, 1.54) is 31.4 Å². The van der Waals surface area contributed by atoms with Crippen LogP contribution in [-0.2, 0) is 19.3 Å². The van der Waals surface area contributed by atoms with E-state index in [0.29, 0.717) is 28.6 Å². The molecule has 0 saturated carbocycles. The van der Waals surface area contributed by atoms with Gasteiger partial charge in [0.25, 0.3) is 5.76 Å². The van der Waals surface area contributed by atoms with Crippen molar-refractivity contribution in [2.24, 2.45) is 0 Å². The van der Waals surface area contributed by atoms with Gasteiger partial charge in [-0.1, -0.05) is 29.8 Å². The van der Waals surface area contributed by atoms with E-state index in [2.05, 4.69) is 0 Å². The molecule has 0 N–H and O–H groups in total. The quantitative estimate of drug-likeness (QED) is 0.296. The van der Waals surface area contributed by atoms with Crippen molar-refractivity contribution in [3.8, 4) is 23.0 Å². The molecule has 5 rings (SSSR count). The number of methoxy groups -OCH3 is 1. The summed E-state index contributed by atoms with van der Waals surface area (Å²) < 4.78 is 63.8. The Morgan fingerprint density at radius 2 is 1.81 bits per heavy atom. The molecule has 36 heavy (non-hydrogen) atoms. The van der Waals surface area contributed by atoms with Gasteiger partial charge in [0.15, 0.2) is 0 Å². The first kappa shape index (κ1) is 24.0. The van der Waals surface area contributed by atoms with Crippen LogP contribution in [0.1, 0.15) is 16.9 Å². The van der Waals surface area contributed by atoms with Gasteiger partial charge in [-0.2, -0.15) is 13.2 Å². The van der Waals surface area contributed by atoms with Crippen LogP contribution in [0.15, 0.2) is 69.9 Å². The van der Waals surface area contributed by atoms with Crippen LogP contribution in [0.2, 0.25) is 5.02 Å². The summed E-state index contributed by atoms with van der Waals surface area (Å²) >= 11 is 5.94. The van der Waals surface area contributed by atoms with Crippen molar-refractivity contribution in [2.75, 3.05) is 13.8 Å². The van der Waals surface area contributed by atoms with Crippen LogP contribution >= 0.6 is 11.6 Å². The number of alkyl halides is 3. The minimum absolute atomic E-state index is 0.00179. The van der Waals surface area contributed by atoms with Crippen LogP contribution in [0.25, 0.3) is 11.0 Å². The number of hydrogen-bond acceptors (Lipinski definition) is 6. The van der Waals surface area contributed by atoms with Crippen molar-refractivity contribution in [1.82, 2.24) is 4.90 Å². The minimum Gasteiger partial charge on any atom is -0.497 e. The van der Waals surface area contributed by atoms with Gasteiger partial charge in [-0.15, -0.1) is 0 Å². The molecule has 3 aromatic carbocycles. The predicted molar refractivity (Wildman–Crippen MR) is 127 cm³/mol. The van der Waals surface area contributed by atoms with Gasteiger partial charge in [0, 0.05) is 24.2 Å². The van der Waals surface area contributed by atoms with Crippen molar-refractivity contribution in [1.29, 1.82) is 0 Å². The second-order valence-electron chi connectivity index (χ2n) is 8.17. The highest BCUT2D eigenvalue weighted by Crippen LogP contribution is 2.41. The zero-order valence-corrected chi connectivity index (χ0v) is 19.7. The Hall–Kier alpha value is -3.69. The molecule has 0 bridgehead atoms. The van der Waals surface area contributed by atoms with Gasteiger partial charge in [0.1, 0.15) is 29.6 Å². The predicted octanol–water partition coefficient (Wildman–Crippen LogP) is 6.62. The van der Waals surface area contributed by atoms with E-state index in [1.807, 2.05) is 17.0 Å². The maximum atomic E-state index is 14.0. The molecule has 6 nitrogen and oxygen atoms in total. The highest BCUT2D eigenvalue weighted by molar-refractivity contribution is 6.30. The van der Waals surface area contributed by atoms with Crippen LogP contribution < -0.4 is 19.6 Å². The standard InChI is InChI=1S/C26H19ClF3NO5/c1-33-17-3-2-4-18(11-17)35-24-22(32)19-9-10-21-20(23(19)36-25(24)26(28,29)30)13-31(14-34-21)12-15-5-7-16(27)8-6-15/h2-11H,12-14H2,1H3. The molecule has 2 heterocycles. The fourth-order valence-electron chi connectivity index (χ4n) is 4.01. The van der Waals surface area contributed by atoms with Crippen LogP contribution in [-0.4, -0.2) is 18.7 Å². The summed E-state index contributed by atoms with van der Waals surface area (Å²) in [7, 11) is 1.41. The summed E-state index contributed by atoms with van der Waals surface area (Å²) in [5, 5.41) is 0.551. The molecule has 1 aromatic heterocycles. The van der Waals surface area contributed by atoms with Crippen LogP contribution in [0.5, 0.6) is 23.0 Å². The molecule has 1 aliphatic heterocycles. The molecule has 1 aliphatic rings. The molecule has 0 spiro atoms. The number of fused-ring (bicyclic) bond motifs is 3. The van der Waals surface area contributed by atoms with Crippen LogP contribution in [0.3, 0.4) is 0 Å². The minimum atomic E-state index is -4.98. The Balaban J connectivity index is 1.58. The Morgan fingerprint density at radius 3 is 2.53 bits per heavy atom. The van der Waals surface area contributed by atoms with Crippen LogP contribution in [0, 0.1) is 0 Å². The number of hydrogen-bond donors (Lipinski definition) is 0. The summed E-state index contributed by atoms with van der Waals surface area (Å²) in [6, 6.07) is 16.1. The Bertz CT molecular complexity index is 1480. The fourth-order valence-corrected chi connectivity index (χ4v) is 4.13. The van der Waals surface area contributed by atoms with E-state index in [-0.39, 0.29) is 30.0 Å². The lowest BCUT2D eigenvalue weighted by atomic mass is 10.1. The zero-order chi connectivity index (χ0) is 25.4. The van der Waals surface area contributed by atoms with E-state index in [0.717, 1.165) is 5.56 Å². The van der Waals surface area contributed by atoms with Gasteiger partial charge in [-0.05, 0) is 42.0 Å². The number of nitrogens with zero attached hydrogens (tertiary/aromatic N) is 1. The second-order valence-corrected chi connectivity index (χ2v) is 8.61. The molecule has 0 amide bonds. The Kier molecular flexibility index (Phi) is 6.27. The molecular weight excluding hydrogens is 499 g/mol. The van der Waals surface area contributed by atoms with E-state index < -0.39 is 23.1 Å². The van der Waals surface area contributed by atoms with Gasteiger partial charge in [0.2, 0.25) is 11.2 Å². The maximum Gasteiger partial charge on any atom is 0.453 e. The van der Waals surface area contributed by atoms with E-state index in [4.69, 9.17) is 30.2 Å². The summed E-state index contributed by atoms with van der Waals surface area (Å²) in [6.45, 7) is 0.889. The Labute approximate surface area is 208 Å². The number of rotatable bonds is 5. The highest BCUT2D eigenvalue weighted by Gasteiger charge is 2.41. The third-order valence-corrected chi connectivity index (χ3v) is 5.95. The third kappa shape index (κ3) is 4.72. The fraction of sp³-hybridized carbons (Fsp3) is 0.192. The largest absolute Gasteiger partial charge is 0.497 e. The third-order valence-electron chi connectivity index (χ3n) is 5.70. The lowest BCUT2D eigenvalue weighted by Crippen LogP contribution is -2.32. The average Bonchev–Trinajstić information content (AvgIpc) is 2.86. The number of benzene rings is 3. The first-order valence-electron chi connectivity index (χ1n) is 10.8. The van der Waals surface area contributed by atoms with Crippen LogP contribution in [0.4, 0.5) is 13.2 Å². The molecule has 0 aliphatic carbocycles. The summed E-state index contributed by atoms with van der Waals surface area (Å²) in [4.78, 5) is 15.1. The van der Waals surface area contributed by atoms with Gasteiger partial charge < -0.3 is 18.6 Å². The molecule has 0 unspecified atom stereocenters. The Morgan fingerprint density at radius 1 is 1.06 bits per heavy atom. The highest BCUT2D eigenvalue weighted by atomic mass is 35.5. The molecule has 186 valence electrons. The van der Waals surface area contributed by atoms with E-state index in [9.17, 15) is 18.0 Å². The summed E-state index contributed by atoms with van der Waals surface area (Å²) in [6.07, 6.45) is -4.98. The first-order valence-corrected chi connectivity index (χ1v) is 11.2. The molecule has 0 radical (unpaired) electrons. The van der Waals surface area contributed by atoms with Crippen molar-refractivity contribution in [2.45, 2.75) is 19.3 Å². The smallest absolute Gasteiger partial charge is 0.453 e. The zero-order valence-electron chi connectivity index (χ0n) is 18.9. The summed E-state index contributed by atoms with van der Waals surface area (Å²) in [5.41, 5.74) is 0.161. The van der Waals surface area contributed by atoms with E-state index >= 15 is 0 Å². The van der Waals surface area contributed by atoms with Gasteiger partial charge >= 0.3 is 6.18 Å². The normalized spacial score (nSPS) is 13.8. The average molecular weight is 518 g/mol. The van der Waals surface area contributed by atoms with Crippen molar-refractivity contribution in [3.63, 3.8) is 0 Å². The lowest BCUT2D eigenvalue weighted by molar-refractivity contribution is -0.154. The topological polar surface area (TPSA) is 61.1 Å². The maximum absolute atomic E-state index is 14.0. The lowest BCUT2D eigenvalue weighted by Gasteiger charge is -2.29. The molecule has 0 fully saturated rings. The van der Waals surface area contributed by atoms with Gasteiger partial charge in [-0.25, -0.2) is 0 Å². The van der Waals surface area contributed by atoms with Crippen molar-refractivity contribution < 1.29 is 31.8 Å². The SMILES string of the molecule is COc1cccc(Oc2c(C(F)(F)F)oc3c4c(ccc3c2=O)OCN(Cc2ccc(Cl)cc2)C4)c1. The number of ether oxygens (including phenoxy) is 3. The molecule has 0 saturated heterocycles. The van der Waals surface area contributed by atoms with E-state index in [1.54, 1.807) is 24.3 Å². The van der Waals surface area contributed by atoms with Crippen molar-refractivity contribution in [3.05, 3.63) is 92.8 Å². The molecule has 0 atom stereocenters. The second kappa shape index (κ2) is 9.40. The molecule has 4 aromatic rings.